The van der Waals surface area contributed by atoms with Crippen LogP contribution in [0, 0.1) is 6.92 Å². The number of fused-ring (bicyclic) bond motifs is 1. The van der Waals surface area contributed by atoms with E-state index in [1.165, 1.54) is 4.68 Å². The molecule has 1 atom stereocenters. The van der Waals surface area contributed by atoms with Crippen molar-refractivity contribution in [3.8, 4) is 11.4 Å². The van der Waals surface area contributed by atoms with Gasteiger partial charge in [-0.15, -0.1) is 0 Å². The molecule has 1 aromatic heterocycles. The van der Waals surface area contributed by atoms with Gasteiger partial charge in [0, 0.05) is 10.9 Å². The molecule has 0 saturated heterocycles. The lowest BCUT2D eigenvalue weighted by molar-refractivity contribution is 0.0934. The fourth-order valence-electron chi connectivity index (χ4n) is 3.64. The highest BCUT2D eigenvalue weighted by Crippen LogP contribution is 2.26. The van der Waals surface area contributed by atoms with E-state index < -0.39 is 0 Å². The molecule has 4 aromatic rings. The van der Waals surface area contributed by atoms with Gasteiger partial charge in [0.15, 0.2) is 5.69 Å². The number of aryl methyl sites for hydroxylation is 1. The minimum Gasteiger partial charge on any atom is -0.496 e. The van der Waals surface area contributed by atoms with Crippen LogP contribution in [0.3, 0.4) is 0 Å². The molecule has 0 saturated carbocycles. The Hall–Kier alpha value is -3.93. The van der Waals surface area contributed by atoms with E-state index in [4.69, 9.17) is 4.74 Å². The molecular weight excluding hydrogens is 390 g/mol. The maximum Gasteiger partial charge on any atom is 0.279 e. The Morgan fingerprint density at radius 2 is 1.68 bits per heavy atom. The van der Waals surface area contributed by atoms with E-state index in [9.17, 15) is 9.59 Å². The van der Waals surface area contributed by atoms with Crippen LogP contribution in [0.2, 0.25) is 0 Å². The number of aromatic nitrogens is 2. The van der Waals surface area contributed by atoms with Crippen molar-refractivity contribution in [1.82, 2.24) is 15.1 Å². The van der Waals surface area contributed by atoms with Crippen molar-refractivity contribution in [2.45, 2.75) is 19.9 Å². The lowest BCUT2D eigenvalue weighted by atomic mass is 10.0. The van der Waals surface area contributed by atoms with Gasteiger partial charge in [0.2, 0.25) is 0 Å². The summed E-state index contributed by atoms with van der Waals surface area (Å²) in [4.78, 5) is 26.3. The zero-order valence-electron chi connectivity index (χ0n) is 17.6. The Labute approximate surface area is 180 Å². The number of methoxy groups -OCH3 is 1. The van der Waals surface area contributed by atoms with Crippen LogP contribution in [-0.4, -0.2) is 22.8 Å². The fourth-order valence-corrected chi connectivity index (χ4v) is 3.64. The molecular formula is C25H23N3O3. The summed E-state index contributed by atoms with van der Waals surface area (Å²) in [5, 5.41) is 8.40. The zero-order valence-corrected chi connectivity index (χ0v) is 17.6. The molecule has 0 aliphatic rings. The van der Waals surface area contributed by atoms with E-state index in [0.29, 0.717) is 22.2 Å². The van der Waals surface area contributed by atoms with Gasteiger partial charge >= 0.3 is 0 Å². The molecule has 1 heterocycles. The molecule has 0 aliphatic carbocycles. The van der Waals surface area contributed by atoms with Crippen molar-refractivity contribution in [3.63, 3.8) is 0 Å². The van der Waals surface area contributed by atoms with E-state index in [1.54, 1.807) is 43.5 Å². The summed E-state index contributed by atoms with van der Waals surface area (Å²) >= 11 is 0. The number of carbonyl (C=O) groups excluding carboxylic acids is 1. The average Bonchev–Trinajstić information content (AvgIpc) is 2.80. The van der Waals surface area contributed by atoms with Crippen LogP contribution in [0.4, 0.5) is 0 Å². The number of nitrogens with zero attached hydrogens (tertiary/aromatic N) is 2. The molecule has 1 N–H and O–H groups in total. The number of hydrogen-bond acceptors (Lipinski definition) is 4. The molecule has 156 valence electrons. The standard InChI is InChI=1S/C25H23N3O3/c1-16-13-14-22(31-3)21(15-16)17(2)26-24(29)23-19-11-7-8-12-20(19)25(30)28(27-23)18-9-5-4-6-10-18/h4-15,17H,1-3H3,(H,26,29)/t17-/m0/s1. The maximum atomic E-state index is 13.3. The SMILES string of the molecule is COc1ccc(C)cc1[C@H](C)NC(=O)c1nn(-c2ccccc2)c(=O)c2ccccc12. The highest BCUT2D eigenvalue weighted by atomic mass is 16.5. The summed E-state index contributed by atoms with van der Waals surface area (Å²) in [7, 11) is 1.60. The van der Waals surface area contributed by atoms with E-state index in [-0.39, 0.29) is 23.2 Å². The van der Waals surface area contributed by atoms with Crippen LogP contribution < -0.4 is 15.6 Å². The number of benzene rings is 3. The van der Waals surface area contributed by atoms with E-state index >= 15 is 0 Å². The summed E-state index contributed by atoms with van der Waals surface area (Å²) < 4.78 is 6.73. The molecule has 3 aromatic carbocycles. The zero-order chi connectivity index (χ0) is 22.0. The van der Waals surface area contributed by atoms with Crippen molar-refractivity contribution in [3.05, 3.63) is 100.0 Å². The Balaban J connectivity index is 1.79. The Morgan fingerprint density at radius 3 is 2.39 bits per heavy atom. The van der Waals surface area contributed by atoms with Crippen LogP contribution >= 0.6 is 0 Å². The second kappa shape index (κ2) is 8.44. The number of para-hydroxylation sites is 1. The minimum absolute atomic E-state index is 0.192. The van der Waals surface area contributed by atoms with Gasteiger partial charge in [0.05, 0.1) is 24.2 Å². The van der Waals surface area contributed by atoms with Gasteiger partial charge < -0.3 is 10.1 Å². The van der Waals surface area contributed by atoms with Gasteiger partial charge in [-0.2, -0.15) is 9.78 Å². The Morgan fingerprint density at radius 1 is 1.00 bits per heavy atom. The van der Waals surface area contributed by atoms with E-state index in [1.807, 2.05) is 50.2 Å². The maximum absolute atomic E-state index is 13.3. The number of rotatable bonds is 5. The molecule has 0 bridgehead atoms. The second-order valence-electron chi connectivity index (χ2n) is 7.39. The minimum atomic E-state index is -0.364. The third kappa shape index (κ3) is 3.92. The van der Waals surface area contributed by atoms with Crippen molar-refractivity contribution < 1.29 is 9.53 Å². The predicted octanol–water partition coefficient (Wildman–Crippen LogP) is 4.19. The Bertz CT molecular complexity index is 1310. The molecule has 6 heteroatoms. The molecule has 0 radical (unpaired) electrons. The number of nitrogens with one attached hydrogen (secondary N) is 1. The first-order chi connectivity index (χ1) is 15.0. The third-order valence-electron chi connectivity index (χ3n) is 5.22. The third-order valence-corrected chi connectivity index (χ3v) is 5.22. The van der Waals surface area contributed by atoms with E-state index in [0.717, 1.165) is 11.1 Å². The second-order valence-corrected chi connectivity index (χ2v) is 7.39. The van der Waals surface area contributed by atoms with E-state index in [2.05, 4.69) is 10.4 Å². The van der Waals surface area contributed by atoms with Gasteiger partial charge in [0.25, 0.3) is 11.5 Å². The van der Waals surface area contributed by atoms with Crippen LogP contribution in [0.1, 0.15) is 34.6 Å². The lowest BCUT2D eigenvalue weighted by Gasteiger charge is -2.18. The number of ether oxygens (including phenoxy) is 1. The number of hydrogen-bond donors (Lipinski definition) is 1. The molecule has 31 heavy (non-hydrogen) atoms. The smallest absolute Gasteiger partial charge is 0.279 e. The average molecular weight is 413 g/mol. The van der Waals surface area contributed by atoms with Gasteiger partial charge in [-0.1, -0.05) is 54.1 Å². The molecule has 1 amide bonds. The molecule has 6 nitrogen and oxygen atoms in total. The fraction of sp³-hybridized carbons (Fsp3) is 0.160. The number of amides is 1. The van der Waals surface area contributed by atoms with Gasteiger partial charge in [-0.25, -0.2) is 0 Å². The molecule has 4 rings (SSSR count). The molecule has 0 unspecified atom stereocenters. The van der Waals surface area contributed by atoms with Crippen molar-refractivity contribution >= 4 is 16.7 Å². The lowest BCUT2D eigenvalue weighted by Crippen LogP contribution is -2.31. The molecule has 0 aliphatic heterocycles. The normalized spacial score (nSPS) is 11.8. The summed E-state index contributed by atoms with van der Waals surface area (Å²) in [6, 6.07) is 21.6. The number of carbonyl (C=O) groups is 1. The van der Waals surface area contributed by atoms with Crippen molar-refractivity contribution in [2.75, 3.05) is 7.11 Å². The first-order valence-electron chi connectivity index (χ1n) is 10.0. The van der Waals surface area contributed by atoms with Crippen LogP contribution in [0.15, 0.2) is 77.6 Å². The Kier molecular flexibility index (Phi) is 5.54. The highest BCUT2D eigenvalue weighted by molar-refractivity contribution is 6.05. The summed E-state index contributed by atoms with van der Waals surface area (Å²) in [5.74, 6) is 0.336. The quantitative estimate of drug-likeness (QED) is 0.532. The first kappa shape index (κ1) is 20.3. The summed E-state index contributed by atoms with van der Waals surface area (Å²) in [6.07, 6.45) is 0. The first-order valence-corrected chi connectivity index (χ1v) is 10.0. The van der Waals surface area contributed by atoms with Gasteiger partial charge in [0.1, 0.15) is 5.75 Å². The summed E-state index contributed by atoms with van der Waals surface area (Å²) in [6.45, 7) is 3.88. The van der Waals surface area contributed by atoms with Gasteiger partial charge in [-0.05, 0) is 38.1 Å². The van der Waals surface area contributed by atoms with Gasteiger partial charge in [-0.3, -0.25) is 9.59 Å². The topological polar surface area (TPSA) is 73.2 Å². The highest BCUT2D eigenvalue weighted by Gasteiger charge is 2.21. The molecule has 0 fully saturated rings. The van der Waals surface area contributed by atoms with Crippen molar-refractivity contribution in [1.29, 1.82) is 0 Å². The summed E-state index contributed by atoms with van der Waals surface area (Å²) in [5.41, 5.74) is 2.46. The molecule has 0 spiro atoms. The van der Waals surface area contributed by atoms with Crippen LogP contribution in [-0.2, 0) is 0 Å². The van der Waals surface area contributed by atoms with Crippen molar-refractivity contribution in [2.24, 2.45) is 0 Å². The monoisotopic (exact) mass is 413 g/mol. The predicted molar refractivity (Wildman–Crippen MR) is 121 cm³/mol. The largest absolute Gasteiger partial charge is 0.496 e. The van der Waals surface area contributed by atoms with Crippen LogP contribution in [0.5, 0.6) is 5.75 Å². The van der Waals surface area contributed by atoms with Crippen LogP contribution in [0.25, 0.3) is 16.5 Å².